The first-order valence-electron chi connectivity index (χ1n) is 9.57. The van der Waals surface area contributed by atoms with Crippen LogP contribution in [0.5, 0.6) is 0 Å². The van der Waals surface area contributed by atoms with Crippen molar-refractivity contribution in [3.8, 4) is 0 Å². The molecule has 1 aliphatic heterocycles. The number of carbonyl (C=O) groups is 2. The van der Waals surface area contributed by atoms with E-state index in [9.17, 15) is 18.0 Å². The first-order chi connectivity index (χ1) is 11.7. The van der Waals surface area contributed by atoms with Crippen molar-refractivity contribution in [1.82, 2.24) is 9.21 Å². The molecule has 25 heavy (non-hydrogen) atoms. The third-order valence-electron chi connectivity index (χ3n) is 7.00. The summed E-state index contributed by atoms with van der Waals surface area (Å²) in [7, 11) is -3.65. The number of amides is 3. The van der Waals surface area contributed by atoms with Crippen LogP contribution in [0.4, 0.5) is 4.79 Å². The van der Waals surface area contributed by atoms with Gasteiger partial charge in [0.2, 0.25) is 15.9 Å². The van der Waals surface area contributed by atoms with Gasteiger partial charge < -0.3 is 0 Å². The highest BCUT2D eigenvalue weighted by Gasteiger charge is 2.60. The SMILES string of the molecule is CCCC(=O)N1C(=O)N(S(C)(=O)=O)C[C@H]1C12CC3CC(CC(C3)C1)C2. The third kappa shape index (κ3) is 2.69. The van der Waals surface area contributed by atoms with Crippen LogP contribution >= 0.6 is 0 Å². The molecule has 5 fully saturated rings. The fourth-order valence-corrected chi connectivity index (χ4v) is 7.30. The number of imide groups is 1. The molecule has 7 heteroatoms. The van der Waals surface area contributed by atoms with Crippen LogP contribution in [-0.4, -0.2) is 48.4 Å². The lowest BCUT2D eigenvalue weighted by Gasteiger charge is -2.59. The van der Waals surface area contributed by atoms with Crippen molar-refractivity contribution < 1.29 is 18.0 Å². The molecule has 0 radical (unpaired) electrons. The number of sulfonamides is 1. The summed E-state index contributed by atoms with van der Waals surface area (Å²) < 4.78 is 25.2. The molecule has 0 unspecified atom stereocenters. The maximum absolute atomic E-state index is 12.8. The Morgan fingerprint density at radius 2 is 1.64 bits per heavy atom. The van der Waals surface area contributed by atoms with Crippen molar-refractivity contribution in [2.75, 3.05) is 12.8 Å². The maximum atomic E-state index is 12.8. The van der Waals surface area contributed by atoms with Crippen molar-refractivity contribution >= 4 is 22.0 Å². The summed E-state index contributed by atoms with van der Waals surface area (Å²) in [6, 6.07) is -0.899. The van der Waals surface area contributed by atoms with Gasteiger partial charge in [0.25, 0.3) is 0 Å². The molecule has 140 valence electrons. The van der Waals surface area contributed by atoms with Gasteiger partial charge in [0, 0.05) is 6.42 Å². The summed E-state index contributed by atoms with van der Waals surface area (Å²) in [5.41, 5.74) is -0.0623. The minimum Gasteiger partial charge on any atom is -0.274 e. The normalized spacial score (nSPS) is 40.2. The quantitative estimate of drug-likeness (QED) is 0.764. The van der Waals surface area contributed by atoms with E-state index in [0.717, 1.165) is 29.8 Å². The molecule has 0 spiro atoms. The summed E-state index contributed by atoms with van der Waals surface area (Å²) >= 11 is 0. The standard InChI is InChI=1S/C18H28N2O4S/c1-3-4-16(21)20-15(11-19(17(20)22)25(2,23)24)18-8-12-5-13(9-18)7-14(6-12)10-18/h12-15H,3-11H2,1-2H3/t12?,13?,14?,15-,18?/m0/s1. The van der Waals surface area contributed by atoms with Crippen LogP contribution in [-0.2, 0) is 14.8 Å². The molecule has 5 aliphatic rings. The minimum atomic E-state index is -3.65. The fourth-order valence-electron chi connectivity index (χ4n) is 6.52. The molecule has 1 atom stereocenters. The highest BCUT2D eigenvalue weighted by molar-refractivity contribution is 7.88. The number of nitrogens with zero attached hydrogens (tertiary/aromatic N) is 2. The van der Waals surface area contributed by atoms with Crippen molar-refractivity contribution in [2.24, 2.45) is 23.2 Å². The smallest absolute Gasteiger partial charge is 0.274 e. The summed E-state index contributed by atoms with van der Waals surface area (Å²) in [5.74, 6) is 1.87. The molecule has 4 aliphatic carbocycles. The van der Waals surface area contributed by atoms with Gasteiger partial charge in [-0.1, -0.05) is 6.92 Å². The number of rotatable bonds is 4. The Morgan fingerprint density at radius 3 is 2.08 bits per heavy atom. The predicted molar refractivity (Wildman–Crippen MR) is 93.1 cm³/mol. The van der Waals surface area contributed by atoms with Crippen LogP contribution in [0, 0.1) is 23.2 Å². The van der Waals surface area contributed by atoms with Crippen LogP contribution in [0.1, 0.15) is 58.3 Å². The second-order valence-electron chi connectivity index (χ2n) is 8.89. The minimum absolute atomic E-state index is 0.0623. The molecule has 3 amide bonds. The number of urea groups is 1. The lowest BCUT2D eigenvalue weighted by atomic mass is 9.47. The average molecular weight is 368 g/mol. The van der Waals surface area contributed by atoms with Crippen LogP contribution < -0.4 is 0 Å². The van der Waals surface area contributed by atoms with Gasteiger partial charge in [-0.15, -0.1) is 0 Å². The molecule has 6 nitrogen and oxygen atoms in total. The van der Waals surface area contributed by atoms with Crippen molar-refractivity contribution in [1.29, 1.82) is 0 Å². The molecule has 1 heterocycles. The Bertz CT molecular complexity index is 667. The number of hydrogen-bond donors (Lipinski definition) is 0. The highest BCUT2D eigenvalue weighted by Crippen LogP contribution is 2.62. The summed E-state index contributed by atoms with van der Waals surface area (Å²) in [6.07, 6.45) is 8.99. The van der Waals surface area contributed by atoms with E-state index in [4.69, 9.17) is 0 Å². The van der Waals surface area contributed by atoms with E-state index >= 15 is 0 Å². The van der Waals surface area contributed by atoms with E-state index in [0.29, 0.717) is 30.6 Å². The lowest BCUT2D eigenvalue weighted by Crippen LogP contribution is -2.57. The Hall–Kier alpha value is -1.11. The van der Waals surface area contributed by atoms with Gasteiger partial charge in [0.05, 0.1) is 18.8 Å². The van der Waals surface area contributed by atoms with Gasteiger partial charge in [0.15, 0.2) is 0 Å². The van der Waals surface area contributed by atoms with Crippen LogP contribution in [0.3, 0.4) is 0 Å². The topological polar surface area (TPSA) is 74.8 Å². The zero-order valence-electron chi connectivity index (χ0n) is 15.1. The van der Waals surface area contributed by atoms with E-state index in [1.54, 1.807) is 0 Å². The van der Waals surface area contributed by atoms with Crippen LogP contribution in [0.25, 0.3) is 0 Å². The number of hydrogen-bond acceptors (Lipinski definition) is 4. The largest absolute Gasteiger partial charge is 0.340 e. The third-order valence-corrected chi connectivity index (χ3v) is 8.10. The molecule has 4 bridgehead atoms. The molecule has 0 aromatic rings. The molecule has 4 saturated carbocycles. The van der Waals surface area contributed by atoms with Crippen LogP contribution in [0.2, 0.25) is 0 Å². The maximum Gasteiger partial charge on any atom is 0.340 e. The molecular formula is C18H28N2O4S. The Labute approximate surface area is 150 Å². The molecule has 0 N–H and O–H groups in total. The number of carbonyl (C=O) groups excluding carboxylic acids is 2. The summed E-state index contributed by atoms with van der Waals surface area (Å²) in [4.78, 5) is 26.9. The monoisotopic (exact) mass is 368 g/mol. The second kappa shape index (κ2) is 5.69. The molecule has 0 aromatic carbocycles. The van der Waals surface area contributed by atoms with Gasteiger partial charge >= 0.3 is 6.03 Å². The highest BCUT2D eigenvalue weighted by atomic mass is 32.2. The Kier molecular flexibility index (Phi) is 3.94. The van der Waals surface area contributed by atoms with Crippen molar-refractivity contribution in [2.45, 2.75) is 64.3 Å². The Morgan fingerprint density at radius 1 is 1.12 bits per heavy atom. The second-order valence-corrected chi connectivity index (χ2v) is 10.8. The average Bonchev–Trinajstić information content (AvgIpc) is 2.84. The van der Waals surface area contributed by atoms with E-state index in [2.05, 4.69) is 0 Å². The predicted octanol–water partition coefficient (Wildman–Crippen LogP) is 2.60. The molecule has 5 rings (SSSR count). The van der Waals surface area contributed by atoms with Gasteiger partial charge in [-0.05, 0) is 68.1 Å². The van der Waals surface area contributed by atoms with Crippen LogP contribution in [0.15, 0.2) is 0 Å². The van der Waals surface area contributed by atoms with Crippen molar-refractivity contribution in [3.63, 3.8) is 0 Å². The van der Waals surface area contributed by atoms with Crippen molar-refractivity contribution in [3.05, 3.63) is 0 Å². The Balaban J connectivity index is 1.71. The first-order valence-corrected chi connectivity index (χ1v) is 11.4. The molecule has 0 aromatic heterocycles. The summed E-state index contributed by atoms with van der Waals surface area (Å²) in [5, 5.41) is 0. The first kappa shape index (κ1) is 17.3. The van der Waals surface area contributed by atoms with E-state index in [1.807, 2.05) is 6.92 Å². The van der Waals surface area contributed by atoms with Gasteiger partial charge in [-0.3, -0.25) is 9.69 Å². The van der Waals surface area contributed by atoms with E-state index in [-0.39, 0.29) is 23.9 Å². The molecule has 1 saturated heterocycles. The zero-order chi connectivity index (χ0) is 18.0. The van der Waals surface area contributed by atoms with Gasteiger partial charge in [-0.2, -0.15) is 0 Å². The van der Waals surface area contributed by atoms with Gasteiger partial charge in [0.1, 0.15) is 0 Å². The summed E-state index contributed by atoms with van der Waals surface area (Å²) in [6.45, 7) is 2.06. The fraction of sp³-hybridized carbons (Fsp3) is 0.889. The van der Waals surface area contributed by atoms with Gasteiger partial charge in [-0.25, -0.2) is 17.5 Å². The molecular weight excluding hydrogens is 340 g/mol. The zero-order valence-corrected chi connectivity index (χ0v) is 15.9. The van der Waals surface area contributed by atoms with E-state index in [1.165, 1.54) is 24.2 Å². The van der Waals surface area contributed by atoms with E-state index < -0.39 is 16.1 Å². The lowest BCUT2D eigenvalue weighted by molar-refractivity contribution is -0.137.